The van der Waals surface area contributed by atoms with Gasteiger partial charge in [-0.15, -0.1) is 0 Å². The number of nitro benzene ring substituents is 1. The predicted molar refractivity (Wildman–Crippen MR) is 77.8 cm³/mol. The highest BCUT2D eigenvalue weighted by molar-refractivity contribution is 6.35. The summed E-state index contributed by atoms with van der Waals surface area (Å²) in [6.07, 6.45) is 0. The van der Waals surface area contributed by atoms with Gasteiger partial charge >= 0.3 is 0 Å². The van der Waals surface area contributed by atoms with Crippen molar-refractivity contribution in [3.8, 4) is 0 Å². The number of halogens is 1. The molecule has 0 N–H and O–H groups in total. The molecular formula is C15H8ClNO4. The van der Waals surface area contributed by atoms with Crippen LogP contribution in [0.2, 0.25) is 5.02 Å². The molecule has 0 amide bonds. The average molecular weight is 302 g/mol. The van der Waals surface area contributed by atoms with Crippen LogP contribution >= 0.6 is 11.6 Å². The summed E-state index contributed by atoms with van der Waals surface area (Å²) in [5.41, 5.74) is 0.118. The Morgan fingerprint density at radius 1 is 1.14 bits per heavy atom. The van der Waals surface area contributed by atoms with E-state index in [-0.39, 0.29) is 17.0 Å². The van der Waals surface area contributed by atoms with Crippen LogP contribution in [0.5, 0.6) is 0 Å². The minimum Gasteiger partial charge on any atom is -0.451 e. The third-order valence-electron chi connectivity index (χ3n) is 3.07. The van der Waals surface area contributed by atoms with Crippen LogP contribution in [-0.4, -0.2) is 10.7 Å². The van der Waals surface area contributed by atoms with E-state index < -0.39 is 10.7 Å². The van der Waals surface area contributed by atoms with Crippen LogP contribution in [0.3, 0.4) is 0 Å². The van der Waals surface area contributed by atoms with Crippen LogP contribution in [0.1, 0.15) is 16.1 Å². The molecule has 1 heterocycles. The van der Waals surface area contributed by atoms with E-state index in [9.17, 15) is 14.9 Å². The van der Waals surface area contributed by atoms with Gasteiger partial charge in [0.1, 0.15) is 5.56 Å². The number of benzene rings is 2. The average Bonchev–Trinajstić information content (AvgIpc) is 2.92. The van der Waals surface area contributed by atoms with Gasteiger partial charge in [-0.1, -0.05) is 35.9 Å². The molecule has 0 fully saturated rings. The molecule has 1 aromatic heterocycles. The third kappa shape index (κ3) is 2.28. The van der Waals surface area contributed by atoms with Crippen LogP contribution < -0.4 is 0 Å². The zero-order valence-corrected chi connectivity index (χ0v) is 11.3. The predicted octanol–water partition coefficient (Wildman–Crippen LogP) is 4.23. The van der Waals surface area contributed by atoms with Crippen molar-refractivity contribution in [3.63, 3.8) is 0 Å². The Morgan fingerprint density at radius 2 is 1.90 bits per heavy atom. The zero-order chi connectivity index (χ0) is 15.0. The Hall–Kier alpha value is -2.66. The molecule has 0 aliphatic rings. The molecule has 3 rings (SSSR count). The highest BCUT2D eigenvalue weighted by atomic mass is 35.5. The molecular weight excluding hydrogens is 294 g/mol. The number of furan rings is 1. The molecule has 3 aromatic rings. The van der Waals surface area contributed by atoms with Gasteiger partial charge in [0.15, 0.2) is 11.3 Å². The number of carbonyl (C=O) groups excluding carboxylic acids is 1. The minimum atomic E-state index is -0.594. The maximum absolute atomic E-state index is 12.4. The van der Waals surface area contributed by atoms with E-state index in [1.54, 1.807) is 24.3 Å². The Kier molecular flexibility index (Phi) is 3.19. The highest BCUT2D eigenvalue weighted by Crippen LogP contribution is 2.29. The van der Waals surface area contributed by atoms with Gasteiger partial charge in [0.05, 0.1) is 9.95 Å². The fraction of sp³-hybridized carbons (Fsp3) is 0. The lowest BCUT2D eigenvalue weighted by Gasteiger charge is -1.99. The Bertz CT molecular complexity index is 869. The molecule has 104 valence electrons. The summed E-state index contributed by atoms with van der Waals surface area (Å²) in [4.78, 5) is 22.8. The van der Waals surface area contributed by atoms with Gasteiger partial charge in [0.2, 0.25) is 5.78 Å². The molecule has 2 aromatic carbocycles. The smallest absolute Gasteiger partial charge is 0.280 e. The first-order valence-corrected chi connectivity index (χ1v) is 6.42. The van der Waals surface area contributed by atoms with Crippen molar-refractivity contribution in [2.75, 3.05) is 0 Å². The van der Waals surface area contributed by atoms with Crippen molar-refractivity contribution in [1.29, 1.82) is 0 Å². The van der Waals surface area contributed by atoms with Crippen molar-refractivity contribution in [1.82, 2.24) is 0 Å². The molecule has 0 atom stereocenters. The Balaban J connectivity index is 2.13. The number of fused-ring (bicyclic) bond motifs is 1. The number of para-hydroxylation sites is 2. The fourth-order valence-corrected chi connectivity index (χ4v) is 2.32. The normalized spacial score (nSPS) is 10.7. The Labute approximate surface area is 123 Å². The number of nitro groups is 1. The largest absolute Gasteiger partial charge is 0.451 e. The van der Waals surface area contributed by atoms with Crippen LogP contribution in [0.15, 0.2) is 52.9 Å². The summed E-state index contributed by atoms with van der Waals surface area (Å²) < 4.78 is 5.45. The van der Waals surface area contributed by atoms with Crippen LogP contribution in [0.25, 0.3) is 11.0 Å². The summed E-state index contributed by atoms with van der Waals surface area (Å²) in [7, 11) is 0. The van der Waals surface area contributed by atoms with E-state index in [2.05, 4.69) is 0 Å². The number of hydrogen-bond acceptors (Lipinski definition) is 4. The van der Waals surface area contributed by atoms with Gasteiger partial charge in [-0.3, -0.25) is 14.9 Å². The molecule has 0 saturated carbocycles. The van der Waals surface area contributed by atoms with E-state index in [4.69, 9.17) is 16.0 Å². The van der Waals surface area contributed by atoms with Crippen LogP contribution in [-0.2, 0) is 0 Å². The van der Waals surface area contributed by atoms with Gasteiger partial charge < -0.3 is 4.42 Å². The second kappa shape index (κ2) is 5.03. The number of nitrogens with zero attached hydrogens (tertiary/aromatic N) is 1. The number of carbonyl (C=O) groups is 1. The van der Waals surface area contributed by atoms with Gasteiger partial charge in [-0.05, 0) is 18.2 Å². The lowest BCUT2D eigenvalue weighted by molar-refractivity contribution is -0.385. The van der Waals surface area contributed by atoms with Gasteiger partial charge in [0.25, 0.3) is 5.69 Å². The molecule has 0 unspecified atom stereocenters. The van der Waals surface area contributed by atoms with E-state index in [0.29, 0.717) is 16.0 Å². The minimum absolute atomic E-state index is 0.0160. The number of rotatable bonds is 3. The Morgan fingerprint density at radius 3 is 2.62 bits per heavy atom. The summed E-state index contributed by atoms with van der Waals surface area (Å²) >= 11 is 5.99. The molecule has 21 heavy (non-hydrogen) atoms. The lowest BCUT2D eigenvalue weighted by atomic mass is 10.1. The first-order chi connectivity index (χ1) is 10.1. The summed E-state index contributed by atoms with van der Waals surface area (Å²) in [5.74, 6) is -0.526. The molecule has 6 heteroatoms. The van der Waals surface area contributed by atoms with Crippen LogP contribution in [0, 0.1) is 10.1 Å². The van der Waals surface area contributed by atoms with Crippen molar-refractivity contribution in [3.05, 3.63) is 75.0 Å². The summed E-state index contributed by atoms with van der Waals surface area (Å²) in [5, 5.41) is 12.0. The summed E-state index contributed by atoms with van der Waals surface area (Å²) in [6, 6.07) is 12.4. The van der Waals surface area contributed by atoms with E-state index in [1.807, 2.05) is 0 Å². The van der Waals surface area contributed by atoms with Gasteiger partial charge in [-0.2, -0.15) is 0 Å². The quantitative estimate of drug-likeness (QED) is 0.412. The first-order valence-electron chi connectivity index (χ1n) is 6.04. The van der Waals surface area contributed by atoms with Crippen molar-refractivity contribution in [2.24, 2.45) is 0 Å². The maximum atomic E-state index is 12.4. The second-order valence-corrected chi connectivity index (χ2v) is 4.78. The highest BCUT2D eigenvalue weighted by Gasteiger charge is 2.23. The molecule has 0 aliphatic carbocycles. The molecule has 5 nitrogen and oxygen atoms in total. The van der Waals surface area contributed by atoms with Gasteiger partial charge in [-0.25, -0.2) is 0 Å². The van der Waals surface area contributed by atoms with E-state index >= 15 is 0 Å². The first kappa shape index (κ1) is 13.3. The van der Waals surface area contributed by atoms with Crippen molar-refractivity contribution < 1.29 is 14.1 Å². The summed E-state index contributed by atoms with van der Waals surface area (Å²) in [6.45, 7) is 0. The van der Waals surface area contributed by atoms with Crippen molar-refractivity contribution >= 4 is 34.0 Å². The third-order valence-corrected chi connectivity index (χ3v) is 3.36. The zero-order valence-electron chi connectivity index (χ0n) is 10.6. The SMILES string of the molecule is O=C(c1cc2cccc(Cl)c2o1)c1ccccc1[N+](=O)[O-]. The monoisotopic (exact) mass is 301 g/mol. The molecule has 0 radical (unpaired) electrons. The van der Waals surface area contributed by atoms with E-state index in [1.165, 1.54) is 24.3 Å². The van der Waals surface area contributed by atoms with Crippen LogP contribution in [0.4, 0.5) is 5.69 Å². The maximum Gasteiger partial charge on any atom is 0.280 e. The number of ketones is 1. The molecule has 0 saturated heterocycles. The van der Waals surface area contributed by atoms with Gasteiger partial charge in [0, 0.05) is 11.5 Å². The standard InChI is InChI=1S/C15H8ClNO4/c16-11-6-3-4-9-8-13(21-15(9)11)14(18)10-5-1-2-7-12(10)17(19)20/h1-8H. The van der Waals surface area contributed by atoms with Crippen molar-refractivity contribution in [2.45, 2.75) is 0 Å². The fourth-order valence-electron chi connectivity index (χ4n) is 2.10. The van der Waals surface area contributed by atoms with E-state index in [0.717, 1.165) is 0 Å². The molecule has 0 spiro atoms. The topological polar surface area (TPSA) is 73.3 Å². The second-order valence-electron chi connectivity index (χ2n) is 4.37. The molecule has 0 aliphatic heterocycles. The lowest BCUT2D eigenvalue weighted by Crippen LogP contribution is -2.04. The number of hydrogen-bond donors (Lipinski definition) is 0. The molecule has 0 bridgehead atoms.